The fraction of sp³-hybridized carbons (Fsp3) is 0.400. The van der Waals surface area contributed by atoms with Crippen LogP contribution in [0.25, 0.3) is 0 Å². The summed E-state index contributed by atoms with van der Waals surface area (Å²) < 4.78 is 41.6. The number of hydrogen-bond donors (Lipinski definition) is 2. The zero-order valence-corrected chi connectivity index (χ0v) is 9.76. The highest BCUT2D eigenvalue weighted by atomic mass is 35.5. The second kappa shape index (κ2) is 6.09. The van der Waals surface area contributed by atoms with Gasteiger partial charge in [0, 0.05) is 5.56 Å². The summed E-state index contributed by atoms with van der Waals surface area (Å²) in [5.41, 5.74) is 5.47. The molecule has 0 fully saturated rings. The van der Waals surface area contributed by atoms with Crippen LogP contribution in [-0.4, -0.2) is 24.5 Å². The van der Waals surface area contributed by atoms with E-state index in [1.807, 2.05) is 0 Å². The van der Waals surface area contributed by atoms with Gasteiger partial charge in [-0.25, -0.2) is 0 Å². The second-order valence-electron chi connectivity index (χ2n) is 3.25. The molecule has 3 nitrogen and oxygen atoms in total. The quantitative estimate of drug-likeness (QED) is 0.885. The minimum Gasteiger partial charge on any atom is -0.496 e. The molecule has 0 radical (unpaired) electrons. The maximum Gasteiger partial charge on any atom is 0.416 e. The van der Waals surface area contributed by atoms with E-state index in [1.54, 1.807) is 6.07 Å². The lowest BCUT2D eigenvalue weighted by atomic mass is 10.0. The molecule has 0 heterocycles. The Balaban J connectivity index is 0.00000256. The molecule has 1 aromatic carbocycles. The first kappa shape index (κ1) is 16.0. The van der Waals surface area contributed by atoms with Crippen molar-refractivity contribution in [2.45, 2.75) is 18.3 Å². The average molecular weight is 272 g/mol. The van der Waals surface area contributed by atoms with Crippen molar-refractivity contribution in [3.8, 4) is 5.75 Å². The van der Waals surface area contributed by atoms with E-state index in [2.05, 4.69) is 0 Å². The average Bonchev–Trinajstić information content (AvgIpc) is 2.25. The summed E-state index contributed by atoms with van der Waals surface area (Å²) in [6.07, 6.45) is -7.36. The molecule has 7 heteroatoms. The highest BCUT2D eigenvalue weighted by Gasteiger charge is 2.43. The third kappa shape index (κ3) is 3.76. The zero-order valence-electron chi connectivity index (χ0n) is 8.94. The molecule has 2 atom stereocenters. The molecule has 1 aromatic rings. The lowest BCUT2D eigenvalue weighted by Crippen LogP contribution is -2.38. The lowest BCUT2D eigenvalue weighted by molar-refractivity contribution is -0.210. The Labute approximate surface area is 103 Å². The van der Waals surface area contributed by atoms with Crippen LogP contribution in [0.5, 0.6) is 5.75 Å². The molecule has 0 aliphatic carbocycles. The maximum atomic E-state index is 12.3. The Morgan fingerprint density at radius 1 is 1.29 bits per heavy atom. The van der Waals surface area contributed by atoms with Gasteiger partial charge in [-0.1, -0.05) is 18.2 Å². The Morgan fingerprint density at radius 3 is 2.29 bits per heavy atom. The summed E-state index contributed by atoms with van der Waals surface area (Å²) >= 11 is 0. The van der Waals surface area contributed by atoms with Gasteiger partial charge in [0.05, 0.1) is 13.2 Å². The van der Waals surface area contributed by atoms with E-state index in [0.29, 0.717) is 0 Å². The van der Waals surface area contributed by atoms with E-state index in [1.165, 1.54) is 25.3 Å². The van der Waals surface area contributed by atoms with Gasteiger partial charge >= 0.3 is 6.18 Å². The number of benzene rings is 1. The smallest absolute Gasteiger partial charge is 0.416 e. The number of hydrogen-bond acceptors (Lipinski definition) is 3. The SMILES string of the molecule is COc1ccccc1[C@@H](N)[C@@H](O)C(F)(F)F.Cl. The first-order valence-electron chi connectivity index (χ1n) is 4.51. The molecule has 0 bridgehead atoms. The molecular weight excluding hydrogens is 259 g/mol. The fourth-order valence-corrected chi connectivity index (χ4v) is 1.32. The molecule has 0 saturated carbocycles. The number of rotatable bonds is 3. The van der Waals surface area contributed by atoms with Crippen molar-refractivity contribution in [1.82, 2.24) is 0 Å². The van der Waals surface area contributed by atoms with Gasteiger partial charge in [-0.15, -0.1) is 12.4 Å². The normalized spacial score (nSPS) is 14.7. The molecule has 0 aromatic heterocycles. The van der Waals surface area contributed by atoms with Gasteiger partial charge < -0.3 is 15.6 Å². The van der Waals surface area contributed by atoms with Crippen molar-refractivity contribution in [3.63, 3.8) is 0 Å². The molecule has 98 valence electrons. The van der Waals surface area contributed by atoms with E-state index >= 15 is 0 Å². The molecule has 0 aliphatic rings. The van der Waals surface area contributed by atoms with E-state index in [-0.39, 0.29) is 23.7 Å². The maximum absolute atomic E-state index is 12.3. The molecule has 0 spiro atoms. The summed E-state index contributed by atoms with van der Waals surface area (Å²) in [6, 6.07) is 4.45. The van der Waals surface area contributed by atoms with Crippen LogP contribution in [0.1, 0.15) is 11.6 Å². The molecule has 17 heavy (non-hydrogen) atoms. The van der Waals surface area contributed by atoms with Crippen LogP contribution >= 0.6 is 12.4 Å². The van der Waals surface area contributed by atoms with Gasteiger partial charge in [-0.05, 0) is 6.07 Å². The highest BCUT2D eigenvalue weighted by Crippen LogP contribution is 2.32. The standard InChI is InChI=1S/C10H12F3NO2.ClH/c1-16-7-5-3-2-4-6(7)8(14)9(15)10(11,12)13;/h2-5,8-9,15H,14H2,1H3;1H/t8-,9-;/m1./s1. The van der Waals surface area contributed by atoms with Crippen LogP contribution in [-0.2, 0) is 0 Å². The van der Waals surface area contributed by atoms with Crippen molar-refractivity contribution in [2.75, 3.05) is 7.11 Å². The van der Waals surface area contributed by atoms with Crippen molar-refractivity contribution >= 4 is 12.4 Å². The molecule has 0 saturated heterocycles. The largest absolute Gasteiger partial charge is 0.496 e. The van der Waals surface area contributed by atoms with Crippen LogP contribution < -0.4 is 10.5 Å². The van der Waals surface area contributed by atoms with Gasteiger partial charge in [0.25, 0.3) is 0 Å². The number of para-hydroxylation sites is 1. The zero-order chi connectivity index (χ0) is 12.3. The summed E-state index contributed by atoms with van der Waals surface area (Å²) in [6.45, 7) is 0. The van der Waals surface area contributed by atoms with Crippen molar-refractivity contribution in [3.05, 3.63) is 29.8 Å². The highest BCUT2D eigenvalue weighted by molar-refractivity contribution is 5.85. The second-order valence-corrected chi connectivity index (χ2v) is 3.25. The summed E-state index contributed by atoms with van der Waals surface area (Å²) in [5, 5.41) is 9.02. The number of alkyl halides is 3. The Hall–Kier alpha value is -0.980. The Kier molecular flexibility index (Phi) is 5.74. The number of aliphatic hydroxyl groups excluding tert-OH is 1. The lowest BCUT2D eigenvalue weighted by Gasteiger charge is -2.22. The van der Waals surface area contributed by atoms with Gasteiger partial charge in [-0.2, -0.15) is 13.2 Å². The fourth-order valence-electron chi connectivity index (χ4n) is 1.32. The third-order valence-electron chi connectivity index (χ3n) is 2.17. The van der Waals surface area contributed by atoms with Gasteiger partial charge in [0.15, 0.2) is 6.10 Å². The predicted molar refractivity (Wildman–Crippen MR) is 59.2 cm³/mol. The summed E-state index contributed by atoms with van der Waals surface area (Å²) in [5.74, 6) is 0.221. The Bertz CT molecular complexity index is 360. The molecule has 0 unspecified atom stereocenters. The third-order valence-corrected chi connectivity index (χ3v) is 2.17. The van der Waals surface area contributed by atoms with Crippen LogP contribution in [0.15, 0.2) is 24.3 Å². The predicted octanol–water partition coefficient (Wildman–Crippen LogP) is 2.04. The van der Waals surface area contributed by atoms with Gasteiger partial charge in [-0.3, -0.25) is 0 Å². The molecule has 1 rings (SSSR count). The van der Waals surface area contributed by atoms with Gasteiger partial charge in [0.2, 0.25) is 0 Å². The number of ether oxygens (including phenoxy) is 1. The molecular formula is C10H13ClF3NO2. The Morgan fingerprint density at radius 2 is 1.82 bits per heavy atom. The topological polar surface area (TPSA) is 55.5 Å². The molecule has 0 aliphatic heterocycles. The number of aliphatic hydroxyl groups is 1. The van der Waals surface area contributed by atoms with Crippen LogP contribution in [0.4, 0.5) is 13.2 Å². The minimum atomic E-state index is -4.75. The van der Waals surface area contributed by atoms with Crippen molar-refractivity contribution < 1.29 is 23.0 Å². The van der Waals surface area contributed by atoms with E-state index in [0.717, 1.165) is 0 Å². The number of nitrogens with two attached hydrogens (primary N) is 1. The van der Waals surface area contributed by atoms with Crippen molar-refractivity contribution in [1.29, 1.82) is 0 Å². The van der Waals surface area contributed by atoms with E-state index in [9.17, 15) is 13.2 Å². The first-order valence-corrected chi connectivity index (χ1v) is 4.51. The number of halogens is 4. The van der Waals surface area contributed by atoms with Gasteiger partial charge in [0.1, 0.15) is 5.75 Å². The monoisotopic (exact) mass is 271 g/mol. The van der Waals surface area contributed by atoms with E-state index in [4.69, 9.17) is 15.6 Å². The van der Waals surface area contributed by atoms with Crippen LogP contribution in [0.2, 0.25) is 0 Å². The molecule has 0 amide bonds. The van der Waals surface area contributed by atoms with Crippen LogP contribution in [0.3, 0.4) is 0 Å². The molecule has 3 N–H and O–H groups in total. The van der Waals surface area contributed by atoms with Crippen LogP contribution in [0, 0.1) is 0 Å². The minimum absolute atomic E-state index is 0. The number of methoxy groups -OCH3 is 1. The van der Waals surface area contributed by atoms with E-state index < -0.39 is 18.3 Å². The summed E-state index contributed by atoms with van der Waals surface area (Å²) in [4.78, 5) is 0. The first-order chi connectivity index (χ1) is 7.38. The van der Waals surface area contributed by atoms with Crippen molar-refractivity contribution in [2.24, 2.45) is 5.73 Å². The summed E-state index contributed by atoms with van der Waals surface area (Å²) in [7, 11) is 1.32.